The number of rotatable bonds is 5. The van der Waals surface area contributed by atoms with E-state index in [9.17, 15) is 18.9 Å². The first-order valence-corrected chi connectivity index (χ1v) is 11.6. The molecule has 0 radical (unpaired) electrons. The molecule has 0 heterocycles. The molecule has 0 aromatic carbocycles. The molecule has 0 N–H and O–H groups in total. The highest BCUT2D eigenvalue weighted by molar-refractivity contribution is 7.46. The van der Waals surface area contributed by atoms with Crippen molar-refractivity contribution in [2.45, 2.75) is 99.9 Å². The van der Waals surface area contributed by atoms with Crippen molar-refractivity contribution in [1.29, 1.82) is 0 Å². The molecule has 27 heavy (non-hydrogen) atoms. The number of phosphoric ester groups is 2. The SMILES string of the molecule is CC(C)(C)COP(=O)([O-])OC(C)(C)C.CC(C)(C)OP(=O)([O-])OC(C)(C)C. The Balaban J connectivity index is 0. The lowest BCUT2D eigenvalue weighted by molar-refractivity contribution is -0.242. The van der Waals surface area contributed by atoms with Gasteiger partial charge in [0, 0.05) is 0 Å². The molecule has 0 spiro atoms. The van der Waals surface area contributed by atoms with Crippen molar-refractivity contribution in [2.24, 2.45) is 5.41 Å². The molecule has 0 aromatic rings. The van der Waals surface area contributed by atoms with Crippen LogP contribution in [0.5, 0.6) is 0 Å². The fourth-order valence-corrected chi connectivity index (χ4v) is 3.97. The van der Waals surface area contributed by atoms with Crippen molar-refractivity contribution in [1.82, 2.24) is 0 Å². The zero-order valence-corrected chi connectivity index (χ0v) is 20.7. The normalized spacial score (nSPS) is 16.4. The lowest BCUT2D eigenvalue weighted by Gasteiger charge is -2.35. The zero-order chi connectivity index (χ0) is 22.5. The van der Waals surface area contributed by atoms with Gasteiger partial charge in [-0.15, -0.1) is 0 Å². The van der Waals surface area contributed by atoms with E-state index in [2.05, 4.69) is 0 Å². The van der Waals surface area contributed by atoms with Crippen molar-refractivity contribution in [3.05, 3.63) is 0 Å². The van der Waals surface area contributed by atoms with Gasteiger partial charge in [0.2, 0.25) is 0 Å². The van der Waals surface area contributed by atoms with Gasteiger partial charge >= 0.3 is 0 Å². The van der Waals surface area contributed by atoms with Crippen LogP contribution in [0.4, 0.5) is 0 Å². The van der Waals surface area contributed by atoms with Gasteiger partial charge in [0.1, 0.15) is 0 Å². The molecule has 0 aliphatic carbocycles. The Morgan fingerprint density at radius 2 is 0.852 bits per heavy atom. The van der Waals surface area contributed by atoms with Gasteiger partial charge in [0.25, 0.3) is 15.6 Å². The molecule has 0 aromatic heterocycles. The van der Waals surface area contributed by atoms with Crippen LogP contribution < -0.4 is 9.79 Å². The van der Waals surface area contributed by atoms with Crippen molar-refractivity contribution >= 4 is 15.6 Å². The summed E-state index contributed by atoms with van der Waals surface area (Å²) >= 11 is 0. The Hall–Kier alpha value is 0.220. The molecule has 8 nitrogen and oxygen atoms in total. The van der Waals surface area contributed by atoms with Crippen LogP contribution in [0.3, 0.4) is 0 Å². The minimum Gasteiger partial charge on any atom is -0.756 e. The molecule has 0 saturated heterocycles. The van der Waals surface area contributed by atoms with Crippen LogP contribution in [0.25, 0.3) is 0 Å². The van der Waals surface area contributed by atoms with E-state index in [1.54, 1.807) is 62.3 Å². The van der Waals surface area contributed by atoms with Crippen LogP contribution >= 0.6 is 15.6 Å². The topological polar surface area (TPSA) is 117 Å². The van der Waals surface area contributed by atoms with E-state index in [0.717, 1.165) is 0 Å². The first-order valence-electron chi connectivity index (χ1n) is 8.72. The predicted molar refractivity (Wildman–Crippen MR) is 103 cm³/mol. The molecule has 0 bridgehead atoms. The second kappa shape index (κ2) is 9.82. The third-order valence-electron chi connectivity index (χ3n) is 1.81. The van der Waals surface area contributed by atoms with Crippen LogP contribution in [0.1, 0.15) is 83.1 Å². The first kappa shape index (κ1) is 29.4. The minimum atomic E-state index is -4.19. The second-order valence-electron chi connectivity index (χ2n) is 10.3. The molecule has 0 saturated carbocycles. The minimum absolute atomic E-state index is 0.129. The molecule has 0 aliphatic rings. The molecule has 1 unspecified atom stereocenters. The highest BCUT2D eigenvalue weighted by atomic mass is 31.2. The third-order valence-corrected chi connectivity index (χ3v) is 4.57. The quantitative estimate of drug-likeness (QED) is 0.586. The fraction of sp³-hybridized carbons (Fsp3) is 1.00. The van der Waals surface area contributed by atoms with Gasteiger partial charge in [-0.25, -0.2) is 0 Å². The monoisotopic (exact) mass is 432 g/mol. The molecule has 1 atom stereocenters. The van der Waals surface area contributed by atoms with Gasteiger partial charge in [-0.1, -0.05) is 20.8 Å². The first-order chi connectivity index (χ1) is 11.3. The average molecular weight is 432 g/mol. The van der Waals surface area contributed by atoms with Gasteiger partial charge in [-0.2, -0.15) is 0 Å². The van der Waals surface area contributed by atoms with Crippen LogP contribution in [0.2, 0.25) is 0 Å². The third kappa shape index (κ3) is 24.2. The van der Waals surface area contributed by atoms with E-state index in [-0.39, 0.29) is 12.0 Å². The van der Waals surface area contributed by atoms with Gasteiger partial charge in [0.15, 0.2) is 0 Å². The highest BCUT2D eigenvalue weighted by Gasteiger charge is 2.25. The van der Waals surface area contributed by atoms with Crippen molar-refractivity contribution < 1.29 is 37.0 Å². The molecule has 0 aliphatic heterocycles. The molecule has 10 heteroatoms. The van der Waals surface area contributed by atoms with E-state index >= 15 is 0 Å². The maximum Gasteiger partial charge on any atom is 0.268 e. The highest BCUT2D eigenvalue weighted by Crippen LogP contribution is 2.46. The Morgan fingerprint density at radius 3 is 1.07 bits per heavy atom. The largest absolute Gasteiger partial charge is 0.756 e. The Morgan fingerprint density at radius 1 is 0.593 bits per heavy atom. The Kier molecular flexibility index (Phi) is 10.7. The zero-order valence-electron chi connectivity index (χ0n) is 18.9. The summed E-state index contributed by atoms with van der Waals surface area (Å²) in [4.78, 5) is 22.5. The standard InChI is InChI=1S/C9H21O4P.C8H19O4P/c1-8(2,3)7-12-14(10,11)13-9(4,5)6;1-7(2,3)11-13(9,10)12-8(4,5)6/h7H2,1-6H3,(H,10,11);1-6H3,(H,9,10)/p-2. The molecular formula is C17H38O8P2-2. The Labute approximate surface area is 165 Å². The van der Waals surface area contributed by atoms with E-state index in [1.807, 2.05) is 20.8 Å². The lowest BCUT2D eigenvalue weighted by Crippen LogP contribution is -2.27. The number of phosphoric acid groups is 2. The van der Waals surface area contributed by atoms with Crippen LogP contribution in [0, 0.1) is 5.41 Å². The molecule has 0 rings (SSSR count). The van der Waals surface area contributed by atoms with Gasteiger partial charge in [0.05, 0.1) is 23.4 Å². The van der Waals surface area contributed by atoms with Crippen LogP contribution in [0.15, 0.2) is 0 Å². The molecule has 166 valence electrons. The smallest absolute Gasteiger partial charge is 0.268 e. The van der Waals surface area contributed by atoms with Crippen molar-refractivity contribution in [3.8, 4) is 0 Å². The van der Waals surface area contributed by atoms with Crippen molar-refractivity contribution in [2.75, 3.05) is 6.61 Å². The lowest BCUT2D eigenvalue weighted by atomic mass is 9.99. The van der Waals surface area contributed by atoms with E-state index < -0.39 is 32.4 Å². The summed E-state index contributed by atoms with van der Waals surface area (Å²) in [5.41, 5.74) is -2.43. The van der Waals surface area contributed by atoms with E-state index in [4.69, 9.17) is 18.1 Å². The van der Waals surface area contributed by atoms with Gasteiger partial charge < -0.3 is 27.9 Å². The Bertz CT molecular complexity index is 513. The summed E-state index contributed by atoms with van der Waals surface area (Å²) in [6, 6.07) is 0. The maximum absolute atomic E-state index is 11.3. The van der Waals surface area contributed by atoms with E-state index in [0.29, 0.717) is 0 Å². The second-order valence-corrected chi connectivity index (χ2v) is 12.9. The van der Waals surface area contributed by atoms with Gasteiger partial charge in [-0.3, -0.25) is 9.13 Å². The fourth-order valence-electron chi connectivity index (χ4n) is 1.32. The summed E-state index contributed by atoms with van der Waals surface area (Å²) in [7, 11) is -8.35. The van der Waals surface area contributed by atoms with Crippen molar-refractivity contribution in [3.63, 3.8) is 0 Å². The van der Waals surface area contributed by atoms with E-state index in [1.165, 1.54) is 0 Å². The number of hydrogen-bond acceptors (Lipinski definition) is 8. The summed E-state index contributed by atoms with van der Waals surface area (Å²) in [6.45, 7) is 20.7. The van der Waals surface area contributed by atoms with Crippen LogP contribution in [-0.2, 0) is 27.2 Å². The average Bonchev–Trinajstić information content (AvgIpc) is 2.15. The molecule has 0 amide bonds. The predicted octanol–water partition coefficient (Wildman–Crippen LogP) is 4.42. The molecule has 0 fully saturated rings. The number of hydrogen-bond donors (Lipinski definition) is 0. The summed E-state index contributed by atoms with van der Waals surface area (Å²) in [6.07, 6.45) is 0. The summed E-state index contributed by atoms with van der Waals surface area (Å²) in [5, 5.41) is 0. The summed E-state index contributed by atoms with van der Waals surface area (Å²) in [5.74, 6) is 0. The summed E-state index contributed by atoms with van der Waals surface area (Å²) < 4.78 is 41.6. The van der Waals surface area contributed by atoms with Crippen LogP contribution in [-0.4, -0.2) is 23.4 Å². The maximum atomic E-state index is 11.3. The molecular weight excluding hydrogens is 394 g/mol. The van der Waals surface area contributed by atoms with Gasteiger partial charge in [-0.05, 0) is 67.7 Å².